The van der Waals surface area contributed by atoms with E-state index in [1.165, 1.54) is 17.2 Å². The molecule has 1 aliphatic heterocycles. The maximum atomic E-state index is 10.8. The summed E-state index contributed by atoms with van der Waals surface area (Å²) >= 11 is 0. The van der Waals surface area contributed by atoms with Crippen molar-refractivity contribution in [2.75, 3.05) is 0 Å². The lowest BCUT2D eigenvalue weighted by atomic mass is 10.4. The monoisotopic (exact) mass is 195 g/mol. The van der Waals surface area contributed by atoms with Gasteiger partial charge in [0.1, 0.15) is 6.33 Å². The molecule has 0 spiro atoms. The highest BCUT2D eigenvalue weighted by molar-refractivity contribution is 5.92. The zero-order chi connectivity index (χ0) is 10.1. The fraction of sp³-hybridized carbons (Fsp3) is 0.250. The van der Waals surface area contributed by atoms with Crippen molar-refractivity contribution in [3.63, 3.8) is 0 Å². The molecule has 2 heterocycles. The number of aromatic nitrogens is 2. The minimum absolute atomic E-state index is 0.138. The Morgan fingerprint density at radius 1 is 1.79 bits per heavy atom. The number of nitrogens with zero attached hydrogens (tertiary/aromatic N) is 2. The number of rotatable bonds is 2. The maximum Gasteiger partial charge on any atom is 0.272 e. The molecular formula is C8H9N3O3. The lowest BCUT2D eigenvalue weighted by Crippen LogP contribution is -2.12. The molecule has 0 fully saturated rings. The van der Waals surface area contributed by atoms with E-state index in [2.05, 4.69) is 4.98 Å². The number of hydrogen-bond acceptors (Lipinski definition) is 4. The van der Waals surface area contributed by atoms with Crippen LogP contribution in [0.4, 0.5) is 0 Å². The van der Waals surface area contributed by atoms with Crippen molar-refractivity contribution in [1.82, 2.24) is 9.55 Å². The van der Waals surface area contributed by atoms with Gasteiger partial charge in [-0.1, -0.05) is 0 Å². The van der Waals surface area contributed by atoms with Crippen LogP contribution in [-0.4, -0.2) is 20.6 Å². The molecule has 1 atom stereocenters. The van der Waals surface area contributed by atoms with Crippen molar-refractivity contribution in [2.45, 2.75) is 12.6 Å². The van der Waals surface area contributed by atoms with Crippen LogP contribution < -0.4 is 5.73 Å². The summed E-state index contributed by atoms with van der Waals surface area (Å²) in [6.07, 6.45) is 4.97. The minimum atomic E-state index is -0.757. The molecule has 0 aliphatic carbocycles. The molecule has 1 aromatic rings. The van der Waals surface area contributed by atoms with E-state index in [0.717, 1.165) is 0 Å². The van der Waals surface area contributed by atoms with Crippen molar-refractivity contribution in [1.29, 1.82) is 0 Å². The molecule has 0 aromatic carbocycles. The average molecular weight is 195 g/mol. The van der Waals surface area contributed by atoms with Crippen LogP contribution in [0.5, 0.6) is 5.88 Å². The van der Waals surface area contributed by atoms with E-state index in [4.69, 9.17) is 10.5 Å². The number of carbonyl (C=O) groups is 1. The molecule has 1 aliphatic rings. The number of hydrogen-bond donors (Lipinski definition) is 2. The first kappa shape index (κ1) is 8.61. The molecule has 0 saturated heterocycles. The predicted molar refractivity (Wildman–Crippen MR) is 46.3 cm³/mol. The molecule has 1 amide bonds. The smallest absolute Gasteiger partial charge is 0.272 e. The minimum Gasteiger partial charge on any atom is -0.493 e. The molecule has 0 bridgehead atoms. The molecule has 14 heavy (non-hydrogen) atoms. The van der Waals surface area contributed by atoms with Crippen LogP contribution in [0.25, 0.3) is 0 Å². The molecule has 0 unspecified atom stereocenters. The van der Waals surface area contributed by atoms with Gasteiger partial charge in [0.2, 0.25) is 5.88 Å². The van der Waals surface area contributed by atoms with Crippen LogP contribution >= 0.6 is 0 Å². The van der Waals surface area contributed by atoms with E-state index in [1.807, 2.05) is 6.08 Å². The highest BCUT2D eigenvalue weighted by atomic mass is 16.5. The van der Waals surface area contributed by atoms with Crippen LogP contribution in [0.2, 0.25) is 0 Å². The zero-order valence-electron chi connectivity index (χ0n) is 7.25. The topological polar surface area (TPSA) is 90.4 Å². The summed E-state index contributed by atoms with van der Waals surface area (Å²) in [6, 6.07) is 0. The summed E-state index contributed by atoms with van der Waals surface area (Å²) in [5.74, 6) is -1.02. The Morgan fingerprint density at radius 2 is 2.57 bits per heavy atom. The van der Waals surface area contributed by atoms with Crippen LogP contribution in [0, 0.1) is 0 Å². The van der Waals surface area contributed by atoms with Gasteiger partial charge in [-0.2, -0.15) is 0 Å². The van der Waals surface area contributed by atoms with Gasteiger partial charge >= 0.3 is 0 Å². The number of aromatic hydroxyl groups is 1. The number of ether oxygens (including phenoxy) is 1. The van der Waals surface area contributed by atoms with Gasteiger partial charge in [0.15, 0.2) is 11.9 Å². The second-order valence-corrected chi connectivity index (χ2v) is 2.89. The Bertz CT molecular complexity index is 389. The van der Waals surface area contributed by atoms with Gasteiger partial charge in [-0.05, 0) is 6.08 Å². The molecule has 0 saturated carbocycles. The zero-order valence-corrected chi connectivity index (χ0v) is 7.25. The second-order valence-electron chi connectivity index (χ2n) is 2.89. The summed E-state index contributed by atoms with van der Waals surface area (Å²) in [5.41, 5.74) is 4.86. The van der Waals surface area contributed by atoms with Crippen molar-refractivity contribution in [2.24, 2.45) is 5.73 Å². The van der Waals surface area contributed by atoms with Gasteiger partial charge in [0.25, 0.3) is 5.91 Å². The third-order valence-electron chi connectivity index (χ3n) is 1.98. The van der Waals surface area contributed by atoms with E-state index in [1.54, 1.807) is 0 Å². The van der Waals surface area contributed by atoms with Crippen molar-refractivity contribution in [3.05, 3.63) is 24.4 Å². The Morgan fingerprint density at radius 3 is 3.07 bits per heavy atom. The van der Waals surface area contributed by atoms with Crippen molar-refractivity contribution in [3.8, 4) is 5.88 Å². The van der Waals surface area contributed by atoms with Crippen LogP contribution in [0.3, 0.4) is 0 Å². The first-order valence-corrected chi connectivity index (χ1v) is 4.06. The summed E-state index contributed by atoms with van der Waals surface area (Å²) < 4.78 is 6.50. The number of imidazole rings is 1. The standard InChI is InChI=1S/C8H9N3O3/c9-7(12)6-8(13)11(4-10-6)5-2-1-3-14-5/h1,3-5,13H,2H2,(H2,9,12)/t5-/m1/s1. The summed E-state index contributed by atoms with van der Waals surface area (Å²) in [6.45, 7) is 0. The van der Waals surface area contributed by atoms with Crippen molar-refractivity contribution >= 4 is 5.91 Å². The predicted octanol–water partition coefficient (Wildman–Crippen LogP) is 0.120. The first-order valence-electron chi connectivity index (χ1n) is 4.06. The van der Waals surface area contributed by atoms with E-state index < -0.39 is 5.91 Å². The number of amides is 1. The average Bonchev–Trinajstić information content (AvgIpc) is 2.71. The Hall–Kier alpha value is -1.98. The fourth-order valence-corrected chi connectivity index (χ4v) is 1.29. The molecule has 1 aromatic heterocycles. The quantitative estimate of drug-likeness (QED) is 0.701. The molecule has 0 radical (unpaired) electrons. The van der Waals surface area contributed by atoms with Gasteiger partial charge in [0, 0.05) is 6.42 Å². The summed E-state index contributed by atoms with van der Waals surface area (Å²) in [5, 5.41) is 9.55. The normalized spacial score (nSPS) is 19.6. The maximum absolute atomic E-state index is 10.8. The van der Waals surface area contributed by atoms with E-state index in [-0.39, 0.29) is 17.8 Å². The van der Waals surface area contributed by atoms with Crippen LogP contribution in [-0.2, 0) is 4.74 Å². The Labute approximate surface area is 79.6 Å². The van der Waals surface area contributed by atoms with Crippen LogP contribution in [0.1, 0.15) is 23.1 Å². The lowest BCUT2D eigenvalue weighted by molar-refractivity contribution is 0.0945. The largest absolute Gasteiger partial charge is 0.493 e. The third-order valence-corrected chi connectivity index (χ3v) is 1.98. The van der Waals surface area contributed by atoms with Gasteiger partial charge in [-0.25, -0.2) is 4.98 Å². The van der Waals surface area contributed by atoms with Crippen LogP contribution in [0.15, 0.2) is 18.7 Å². The number of carbonyl (C=O) groups excluding carboxylic acids is 1. The Balaban J connectivity index is 2.31. The Kier molecular flexibility index (Phi) is 1.88. The highest BCUT2D eigenvalue weighted by Crippen LogP contribution is 2.27. The molecular weight excluding hydrogens is 186 g/mol. The molecule has 6 nitrogen and oxygen atoms in total. The summed E-state index contributed by atoms with van der Waals surface area (Å²) in [4.78, 5) is 14.5. The lowest BCUT2D eigenvalue weighted by Gasteiger charge is -2.11. The van der Waals surface area contributed by atoms with Gasteiger partial charge in [-0.3, -0.25) is 9.36 Å². The third kappa shape index (κ3) is 1.20. The highest BCUT2D eigenvalue weighted by Gasteiger charge is 2.21. The SMILES string of the molecule is NC(=O)c1ncn([C@H]2CC=CO2)c1O. The summed E-state index contributed by atoms with van der Waals surface area (Å²) in [7, 11) is 0. The van der Waals surface area contributed by atoms with Gasteiger partial charge < -0.3 is 15.6 Å². The van der Waals surface area contributed by atoms with Crippen molar-refractivity contribution < 1.29 is 14.6 Å². The first-order chi connectivity index (χ1) is 6.70. The van der Waals surface area contributed by atoms with E-state index >= 15 is 0 Å². The second kappa shape index (κ2) is 3.06. The van der Waals surface area contributed by atoms with Gasteiger partial charge in [0.05, 0.1) is 6.26 Å². The molecule has 6 heteroatoms. The van der Waals surface area contributed by atoms with Gasteiger partial charge in [-0.15, -0.1) is 0 Å². The molecule has 2 rings (SSSR count). The fourth-order valence-electron chi connectivity index (χ4n) is 1.29. The number of nitrogens with two attached hydrogens (primary N) is 1. The number of primary amides is 1. The van der Waals surface area contributed by atoms with E-state index in [9.17, 15) is 9.90 Å². The molecule has 3 N–H and O–H groups in total. The van der Waals surface area contributed by atoms with E-state index in [0.29, 0.717) is 6.42 Å². The molecule has 74 valence electrons.